The maximum absolute atomic E-state index is 12.5. The van der Waals surface area contributed by atoms with Crippen LogP contribution in [0.3, 0.4) is 0 Å². The average Bonchev–Trinajstić information content (AvgIpc) is 3.06. The molecule has 1 atom stereocenters. The Morgan fingerprint density at radius 3 is 2.24 bits per heavy atom. The van der Waals surface area contributed by atoms with Crippen LogP contribution < -0.4 is 5.32 Å². The lowest BCUT2D eigenvalue weighted by Crippen LogP contribution is -2.32. The van der Waals surface area contributed by atoms with Crippen molar-refractivity contribution in [3.05, 3.63) is 71.0 Å². The van der Waals surface area contributed by atoms with E-state index in [-0.39, 0.29) is 5.91 Å². The van der Waals surface area contributed by atoms with Crippen LogP contribution in [0.25, 0.3) is 11.4 Å². The van der Waals surface area contributed by atoms with Crippen LogP contribution >= 0.6 is 0 Å². The quantitative estimate of drug-likeness (QED) is 0.603. The van der Waals surface area contributed by atoms with Crippen LogP contribution in [0.4, 0.5) is 5.69 Å². The molecule has 29 heavy (non-hydrogen) atoms. The number of nitrogens with one attached hydrogen (secondary N) is 2. The third kappa shape index (κ3) is 4.90. The van der Waals surface area contributed by atoms with Gasteiger partial charge in [0.1, 0.15) is 5.82 Å². The molecule has 0 saturated carbocycles. The minimum atomic E-state index is -0.862. The molecule has 2 aromatic carbocycles. The molecule has 0 bridgehead atoms. The molecule has 0 aliphatic carbocycles. The fourth-order valence-electron chi connectivity index (χ4n) is 2.83. The Kier molecular flexibility index (Phi) is 6.12. The highest BCUT2D eigenvalue weighted by molar-refractivity contribution is 5.97. The highest BCUT2D eigenvalue weighted by atomic mass is 16.5. The van der Waals surface area contributed by atoms with Gasteiger partial charge < -0.3 is 15.0 Å². The first-order valence-corrected chi connectivity index (χ1v) is 9.59. The van der Waals surface area contributed by atoms with Gasteiger partial charge in [-0.3, -0.25) is 4.79 Å². The number of nitrogens with zero attached hydrogens (tertiary/aromatic N) is 1. The SMILES string of the molecule is CCC(OC(=O)c1ccc(-c2nc(C)c(C)[nH]2)cc1)C(=O)Nc1ccc(C)cc1. The van der Waals surface area contributed by atoms with Crippen molar-refractivity contribution < 1.29 is 14.3 Å². The number of anilines is 1. The van der Waals surface area contributed by atoms with Gasteiger partial charge in [0.05, 0.1) is 11.3 Å². The van der Waals surface area contributed by atoms with E-state index in [2.05, 4.69) is 15.3 Å². The minimum absolute atomic E-state index is 0.345. The van der Waals surface area contributed by atoms with Gasteiger partial charge in [-0.15, -0.1) is 0 Å². The van der Waals surface area contributed by atoms with Crippen LogP contribution in [0.5, 0.6) is 0 Å². The van der Waals surface area contributed by atoms with Gasteiger partial charge in [0.25, 0.3) is 5.91 Å². The number of esters is 1. The number of aromatic amines is 1. The zero-order valence-corrected chi connectivity index (χ0v) is 17.1. The normalized spacial score (nSPS) is 11.7. The molecule has 0 aliphatic rings. The zero-order valence-electron chi connectivity index (χ0n) is 17.1. The lowest BCUT2D eigenvalue weighted by atomic mass is 10.1. The molecule has 1 heterocycles. The van der Waals surface area contributed by atoms with E-state index in [1.165, 1.54) is 0 Å². The molecule has 150 valence electrons. The molecule has 1 amide bonds. The van der Waals surface area contributed by atoms with Crippen molar-refractivity contribution in [3.63, 3.8) is 0 Å². The van der Waals surface area contributed by atoms with Crippen molar-refractivity contribution in [2.24, 2.45) is 0 Å². The van der Waals surface area contributed by atoms with E-state index in [4.69, 9.17) is 4.74 Å². The van der Waals surface area contributed by atoms with Crippen LogP contribution in [-0.2, 0) is 9.53 Å². The Morgan fingerprint density at radius 1 is 1.03 bits per heavy atom. The van der Waals surface area contributed by atoms with Crippen LogP contribution in [-0.4, -0.2) is 27.9 Å². The molecule has 0 spiro atoms. The highest BCUT2D eigenvalue weighted by Gasteiger charge is 2.22. The first-order valence-electron chi connectivity index (χ1n) is 9.59. The van der Waals surface area contributed by atoms with Crippen molar-refractivity contribution >= 4 is 17.6 Å². The number of aromatic nitrogens is 2. The summed E-state index contributed by atoms with van der Waals surface area (Å²) in [6.07, 6.45) is -0.481. The summed E-state index contributed by atoms with van der Waals surface area (Å²) in [7, 11) is 0. The Balaban J connectivity index is 1.65. The molecule has 0 saturated heterocycles. The molecule has 6 heteroatoms. The third-order valence-corrected chi connectivity index (χ3v) is 4.75. The van der Waals surface area contributed by atoms with Gasteiger partial charge in [0, 0.05) is 16.9 Å². The molecule has 3 aromatic rings. The maximum Gasteiger partial charge on any atom is 0.338 e. The summed E-state index contributed by atoms with van der Waals surface area (Å²) >= 11 is 0. The standard InChI is InChI=1S/C23H25N3O3/c1-5-20(22(27)26-19-12-6-14(2)7-13-19)29-23(28)18-10-8-17(9-11-18)21-24-15(3)16(4)25-21/h6-13,20H,5H2,1-4H3,(H,24,25)(H,26,27). The van der Waals surface area contributed by atoms with Gasteiger partial charge in [-0.2, -0.15) is 0 Å². The summed E-state index contributed by atoms with van der Waals surface area (Å²) in [6, 6.07) is 14.4. The van der Waals surface area contributed by atoms with Gasteiger partial charge in [-0.05, 0) is 51.5 Å². The van der Waals surface area contributed by atoms with E-state index in [0.717, 1.165) is 28.3 Å². The highest BCUT2D eigenvalue weighted by Crippen LogP contribution is 2.19. The van der Waals surface area contributed by atoms with Crippen molar-refractivity contribution in [2.75, 3.05) is 5.32 Å². The Hall–Kier alpha value is -3.41. The molecule has 1 unspecified atom stereocenters. The number of aryl methyl sites for hydroxylation is 3. The van der Waals surface area contributed by atoms with E-state index in [0.29, 0.717) is 17.7 Å². The number of rotatable bonds is 6. The number of imidazole rings is 1. The number of H-pyrrole nitrogens is 1. The van der Waals surface area contributed by atoms with E-state index in [9.17, 15) is 9.59 Å². The predicted octanol–water partition coefficient (Wildman–Crippen LogP) is 4.58. The van der Waals surface area contributed by atoms with Crippen molar-refractivity contribution in [1.82, 2.24) is 9.97 Å². The van der Waals surface area contributed by atoms with E-state index < -0.39 is 12.1 Å². The molecule has 0 fully saturated rings. The summed E-state index contributed by atoms with van der Waals surface area (Å²) in [5, 5.41) is 2.79. The molecular formula is C23H25N3O3. The van der Waals surface area contributed by atoms with Gasteiger partial charge in [0.2, 0.25) is 0 Å². The second-order valence-corrected chi connectivity index (χ2v) is 7.03. The summed E-state index contributed by atoms with van der Waals surface area (Å²) in [5.41, 5.74) is 4.98. The van der Waals surface area contributed by atoms with Gasteiger partial charge in [-0.25, -0.2) is 9.78 Å². The second kappa shape index (κ2) is 8.73. The molecule has 1 aromatic heterocycles. The van der Waals surface area contributed by atoms with E-state index >= 15 is 0 Å². The Bertz CT molecular complexity index is 985. The number of benzene rings is 2. The van der Waals surface area contributed by atoms with Crippen LogP contribution in [0.2, 0.25) is 0 Å². The lowest BCUT2D eigenvalue weighted by Gasteiger charge is -2.16. The number of carbonyl (C=O) groups excluding carboxylic acids is 2. The second-order valence-electron chi connectivity index (χ2n) is 7.03. The largest absolute Gasteiger partial charge is 0.449 e. The van der Waals surface area contributed by atoms with E-state index in [1.54, 1.807) is 19.1 Å². The molecule has 6 nitrogen and oxygen atoms in total. The first kappa shape index (κ1) is 20.3. The van der Waals surface area contributed by atoms with E-state index in [1.807, 2.05) is 57.2 Å². The average molecular weight is 391 g/mol. The molecular weight excluding hydrogens is 366 g/mol. The molecule has 0 aliphatic heterocycles. The smallest absolute Gasteiger partial charge is 0.338 e. The lowest BCUT2D eigenvalue weighted by molar-refractivity contribution is -0.124. The molecule has 3 rings (SSSR count). The van der Waals surface area contributed by atoms with Crippen molar-refractivity contribution in [1.29, 1.82) is 0 Å². The van der Waals surface area contributed by atoms with Gasteiger partial charge >= 0.3 is 5.97 Å². The predicted molar refractivity (Wildman–Crippen MR) is 113 cm³/mol. The van der Waals surface area contributed by atoms with Crippen LogP contribution in [0.1, 0.15) is 40.7 Å². The number of hydrogen-bond donors (Lipinski definition) is 2. The monoisotopic (exact) mass is 391 g/mol. The van der Waals surface area contributed by atoms with Crippen LogP contribution in [0.15, 0.2) is 48.5 Å². The maximum atomic E-state index is 12.5. The summed E-state index contributed by atoms with van der Waals surface area (Å²) < 4.78 is 5.44. The summed E-state index contributed by atoms with van der Waals surface area (Å²) in [5.74, 6) is -0.124. The van der Waals surface area contributed by atoms with Gasteiger partial charge in [0.15, 0.2) is 6.10 Å². The topological polar surface area (TPSA) is 84.1 Å². The van der Waals surface area contributed by atoms with Gasteiger partial charge in [-0.1, -0.05) is 36.8 Å². The van der Waals surface area contributed by atoms with Crippen molar-refractivity contribution in [3.8, 4) is 11.4 Å². The fourth-order valence-corrected chi connectivity index (χ4v) is 2.83. The first-order chi connectivity index (χ1) is 13.9. The molecule has 2 N–H and O–H groups in total. The minimum Gasteiger partial charge on any atom is -0.449 e. The van der Waals surface area contributed by atoms with Crippen molar-refractivity contribution in [2.45, 2.75) is 40.2 Å². The van der Waals surface area contributed by atoms with Crippen LogP contribution in [0, 0.1) is 20.8 Å². The summed E-state index contributed by atoms with van der Waals surface area (Å²) in [4.78, 5) is 32.6. The number of carbonyl (C=O) groups is 2. The number of ether oxygens (including phenoxy) is 1. The summed E-state index contributed by atoms with van der Waals surface area (Å²) in [6.45, 7) is 7.68. The number of amides is 1. The number of hydrogen-bond acceptors (Lipinski definition) is 4. The molecule has 0 radical (unpaired) electrons. The zero-order chi connectivity index (χ0) is 21.0. The Labute approximate surface area is 170 Å². The fraction of sp³-hybridized carbons (Fsp3) is 0.261. The Morgan fingerprint density at radius 2 is 1.69 bits per heavy atom. The third-order valence-electron chi connectivity index (χ3n) is 4.75.